The molecule has 18 rings (SSSR count). The molecule has 0 radical (unpaired) electrons. The van der Waals surface area contributed by atoms with Gasteiger partial charge in [-0.2, -0.15) is 0 Å². The molecule has 0 saturated heterocycles. The number of rotatable bonds is 2. The van der Waals surface area contributed by atoms with Gasteiger partial charge in [-0.3, -0.25) is 8.97 Å². The van der Waals surface area contributed by atoms with Crippen molar-refractivity contribution in [3.8, 4) is 80.4 Å². The fourth-order valence-corrected chi connectivity index (χ4v) is 12.3. The fraction of sp³-hybridized carbons (Fsp3) is 0. The first-order valence-electron chi connectivity index (χ1n) is 22.5. The molecule has 6 aliphatic heterocycles. The monoisotopic (exact) mass is 860 g/mol. The highest BCUT2D eigenvalue weighted by molar-refractivity contribution is 7.00. The van der Waals surface area contributed by atoms with Crippen LogP contribution in [0.25, 0.3) is 61.0 Å². The van der Waals surface area contributed by atoms with E-state index in [1.54, 1.807) is 0 Å². The molecule has 6 aliphatic rings. The van der Waals surface area contributed by atoms with Gasteiger partial charge >= 0.3 is 0 Å². The number of fused-ring (bicyclic) bond motifs is 9. The minimum atomic E-state index is -0.129. The average Bonchev–Trinajstić information content (AvgIpc) is 4.02. The number of aromatic nitrogens is 4. The first kappa shape index (κ1) is 33.5. The summed E-state index contributed by atoms with van der Waals surface area (Å²) in [7, 11) is 0. The van der Waals surface area contributed by atoms with Gasteiger partial charge in [-0.05, 0) is 103 Å². The lowest BCUT2D eigenvalue weighted by atomic mass is 9.34. The second-order valence-corrected chi connectivity index (χ2v) is 18.1. The summed E-state index contributed by atoms with van der Waals surface area (Å²) < 4.78 is 47.4. The number of para-hydroxylation sites is 3. The first-order valence-corrected chi connectivity index (χ1v) is 22.5. The number of ether oxygens (including phenoxy) is 6. The molecule has 0 saturated carbocycles. The Morgan fingerprint density at radius 1 is 0.328 bits per heavy atom. The zero-order valence-electron chi connectivity index (χ0n) is 34.9. The molecule has 0 spiro atoms. The number of benzene rings is 9. The standard InChI is InChI=1S/C55H26B2N4O6/c1-2-10-29-27(9-1)28-21-22-32-51(52(28)59(29)33-23-25-43-49-53(33)66-41-19-7-17-39-47(41)56(49)45-35(62-39)13-5-15-37(45)64-43)58-55-60(32)30-11-3-4-12-31(30)61(55)34-24-26-44-50-54(34)67-42-20-8-18-40-48(42)57(50)46-36(63-40)14-6-16-38(46)65-44/h1-26H. The van der Waals surface area contributed by atoms with Crippen LogP contribution in [-0.4, -0.2) is 31.9 Å². The molecular weight excluding hydrogens is 834 g/mol. The third-order valence-electron chi connectivity index (χ3n) is 14.9. The van der Waals surface area contributed by atoms with Gasteiger partial charge in [0.15, 0.2) is 5.75 Å². The molecule has 0 atom stereocenters. The highest BCUT2D eigenvalue weighted by Gasteiger charge is 2.49. The second-order valence-electron chi connectivity index (χ2n) is 18.1. The average molecular weight is 860 g/mol. The van der Waals surface area contributed by atoms with Gasteiger partial charge in [0.25, 0.3) is 13.4 Å². The predicted octanol–water partition coefficient (Wildman–Crippen LogP) is 9.20. The summed E-state index contributed by atoms with van der Waals surface area (Å²) in [5.74, 6) is 10.1. The zero-order chi connectivity index (χ0) is 43.0. The van der Waals surface area contributed by atoms with E-state index in [0.29, 0.717) is 0 Å². The van der Waals surface area contributed by atoms with E-state index >= 15 is 0 Å². The lowest BCUT2D eigenvalue weighted by molar-refractivity contribution is 0.441. The SMILES string of the molecule is c1cc2c3c(c1)Oc1ccc(-n4c5ccccc5c5ccc6c(nc7n(-c8ccc9c%10c8Oc8cccc%11c8B%10c8c(cccc8O9)O%11)c8ccccc8n67)c54)c4c1B3c1c(cccc1O4)O2. The normalized spacial score (nSPS) is 14.3. The van der Waals surface area contributed by atoms with Crippen LogP contribution in [0.4, 0.5) is 0 Å². The van der Waals surface area contributed by atoms with Crippen molar-refractivity contribution in [1.82, 2.24) is 18.5 Å². The first-order chi connectivity index (χ1) is 33.2. The van der Waals surface area contributed by atoms with Crippen LogP contribution in [0.3, 0.4) is 0 Å². The Morgan fingerprint density at radius 2 is 0.776 bits per heavy atom. The Hall–Kier alpha value is -9.02. The van der Waals surface area contributed by atoms with Crippen LogP contribution >= 0.6 is 0 Å². The Bertz CT molecular complexity index is 4330. The summed E-state index contributed by atoms with van der Waals surface area (Å²) in [6, 6.07) is 54.1. The van der Waals surface area contributed by atoms with Crippen molar-refractivity contribution in [3.05, 3.63) is 158 Å². The smallest absolute Gasteiger partial charge is 0.270 e. The Kier molecular flexibility index (Phi) is 5.62. The summed E-state index contributed by atoms with van der Waals surface area (Å²) >= 11 is 0. The third kappa shape index (κ3) is 3.83. The quantitative estimate of drug-likeness (QED) is 0.161. The van der Waals surface area contributed by atoms with Crippen molar-refractivity contribution in [1.29, 1.82) is 0 Å². The van der Waals surface area contributed by atoms with Crippen LogP contribution in [0.5, 0.6) is 69.0 Å². The molecule has 308 valence electrons. The summed E-state index contributed by atoms with van der Waals surface area (Å²) in [4.78, 5) is 5.74. The van der Waals surface area contributed by atoms with E-state index in [0.717, 1.165) is 163 Å². The van der Waals surface area contributed by atoms with Gasteiger partial charge in [-0.1, -0.05) is 54.6 Å². The number of imidazole rings is 2. The Morgan fingerprint density at radius 3 is 1.31 bits per heavy atom. The van der Waals surface area contributed by atoms with Gasteiger partial charge in [-0.25, -0.2) is 4.98 Å². The minimum absolute atomic E-state index is 0.127. The zero-order valence-corrected chi connectivity index (χ0v) is 34.9. The van der Waals surface area contributed by atoms with E-state index in [1.807, 2.05) is 72.8 Å². The van der Waals surface area contributed by atoms with Crippen LogP contribution in [0.2, 0.25) is 0 Å². The molecule has 67 heavy (non-hydrogen) atoms. The molecule has 3 aromatic heterocycles. The molecule has 0 amide bonds. The second kappa shape index (κ2) is 11.3. The molecule has 0 unspecified atom stereocenters. The van der Waals surface area contributed by atoms with Crippen molar-refractivity contribution >= 4 is 95.9 Å². The van der Waals surface area contributed by atoms with Crippen LogP contribution in [0.1, 0.15) is 0 Å². The van der Waals surface area contributed by atoms with E-state index < -0.39 is 0 Å². The van der Waals surface area contributed by atoms with Gasteiger partial charge < -0.3 is 33.0 Å². The lowest BCUT2D eigenvalue weighted by Gasteiger charge is -2.38. The van der Waals surface area contributed by atoms with Gasteiger partial charge in [0, 0.05) is 43.5 Å². The van der Waals surface area contributed by atoms with Gasteiger partial charge in [0.2, 0.25) is 5.78 Å². The van der Waals surface area contributed by atoms with Crippen LogP contribution in [0, 0.1) is 0 Å². The highest BCUT2D eigenvalue weighted by atomic mass is 16.5. The van der Waals surface area contributed by atoms with Crippen molar-refractivity contribution < 1.29 is 28.4 Å². The van der Waals surface area contributed by atoms with E-state index in [2.05, 4.69) is 98.5 Å². The van der Waals surface area contributed by atoms with Crippen LogP contribution < -0.4 is 61.2 Å². The van der Waals surface area contributed by atoms with Crippen molar-refractivity contribution in [3.63, 3.8) is 0 Å². The number of hydrogen-bond acceptors (Lipinski definition) is 7. The predicted molar refractivity (Wildman–Crippen MR) is 259 cm³/mol. The maximum Gasteiger partial charge on any atom is 0.270 e. The summed E-state index contributed by atoms with van der Waals surface area (Å²) in [5.41, 5.74) is 13.7. The van der Waals surface area contributed by atoms with Crippen molar-refractivity contribution in [2.75, 3.05) is 0 Å². The van der Waals surface area contributed by atoms with Crippen molar-refractivity contribution in [2.24, 2.45) is 0 Å². The molecular formula is C55H26B2N4O6. The molecule has 12 aromatic rings. The number of hydrogen-bond donors (Lipinski definition) is 0. The van der Waals surface area contributed by atoms with E-state index in [-0.39, 0.29) is 13.4 Å². The Balaban J connectivity index is 0.925. The summed E-state index contributed by atoms with van der Waals surface area (Å²) in [5, 5.41) is 2.20. The molecule has 0 fully saturated rings. The molecule has 10 nitrogen and oxygen atoms in total. The molecule has 9 heterocycles. The maximum atomic E-state index is 7.09. The number of nitrogens with zero attached hydrogens (tertiary/aromatic N) is 4. The Labute approximate surface area is 379 Å². The summed E-state index contributed by atoms with van der Waals surface area (Å²) in [6.07, 6.45) is 0. The van der Waals surface area contributed by atoms with Gasteiger partial charge in [0.05, 0.1) is 39.0 Å². The molecule has 12 heteroatoms. The van der Waals surface area contributed by atoms with Crippen LogP contribution in [-0.2, 0) is 0 Å². The molecule has 9 aromatic carbocycles. The molecule has 0 bridgehead atoms. The minimum Gasteiger partial charge on any atom is -0.458 e. The van der Waals surface area contributed by atoms with E-state index in [1.165, 1.54) is 0 Å². The lowest BCUT2D eigenvalue weighted by Crippen LogP contribution is -2.59. The maximum absolute atomic E-state index is 7.09. The summed E-state index contributed by atoms with van der Waals surface area (Å²) in [6.45, 7) is -0.256. The highest BCUT2D eigenvalue weighted by Crippen LogP contribution is 2.48. The molecule has 0 N–H and O–H groups in total. The molecule has 0 aliphatic carbocycles. The van der Waals surface area contributed by atoms with Gasteiger partial charge in [0.1, 0.15) is 68.8 Å². The van der Waals surface area contributed by atoms with Crippen molar-refractivity contribution in [2.45, 2.75) is 0 Å². The fourth-order valence-electron chi connectivity index (χ4n) is 12.3. The van der Waals surface area contributed by atoms with E-state index in [9.17, 15) is 0 Å². The van der Waals surface area contributed by atoms with Crippen LogP contribution in [0.15, 0.2) is 158 Å². The van der Waals surface area contributed by atoms with E-state index in [4.69, 9.17) is 33.4 Å². The topological polar surface area (TPSA) is 82.5 Å². The van der Waals surface area contributed by atoms with Gasteiger partial charge in [-0.15, -0.1) is 0 Å². The third-order valence-corrected chi connectivity index (χ3v) is 14.9. The largest absolute Gasteiger partial charge is 0.458 e.